The molecule has 3 rings (SSSR count). The fourth-order valence-corrected chi connectivity index (χ4v) is 3.68. The third-order valence-corrected chi connectivity index (χ3v) is 5.17. The molecule has 0 bridgehead atoms. The van der Waals surface area contributed by atoms with E-state index in [0.717, 1.165) is 24.0 Å². The predicted octanol–water partition coefficient (Wildman–Crippen LogP) is 3.45. The molecule has 1 saturated heterocycles. The van der Waals surface area contributed by atoms with Gasteiger partial charge in [-0.2, -0.15) is 0 Å². The lowest BCUT2D eigenvalue weighted by Gasteiger charge is -2.25. The average molecular weight is 385 g/mol. The third kappa shape index (κ3) is 4.16. The molecule has 0 N–H and O–H groups in total. The molecule has 1 heterocycles. The van der Waals surface area contributed by atoms with Gasteiger partial charge in [0, 0.05) is 19.0 Å². The number of rotatable bonds is 8. The summed E-state index contributed by atoms with van der Waals surface area (Å²) in [4.78, 5) is 14.5. The van der Waals surface area contributed by atoms with Crippen LogP contribution in [0.25, 0.3) is 0 Å². The Balaban J connectivity index is 1.76. The topological polar surface area (TPSA) is 57.2 Å². The molecule has 0 aromatic heterocycles. The first-order valence-electron chi connectivity index (χ1n) is 9.30. The molecule has 1 aliphatic rings. The number of likely N-dealkylation sites (tertiary alicyclic amines) is 1. The van der Waals surface area contributed by atoms with Crippen molar-refractivity contribution in [3.8, 4) is 23.0 Å². The minimum absolute atomic E-state index is 0.152. The van der Waals surface area contributed by atoms with Gasteiger partial charge >= 0.3 is 0 Å². The molecule has 0 aliphatic carbocycles. The predicted molar refractivity (Wildman–Crippen MR) is 106 cm³/mol. The number of nitrogens with zero attached hydrogens (tertiary/aromatic N) is 1. The van der Waals surface area contributed by atoms with Crippen LogP contribution in [0.4, 0.5) is 0 Å². The Kier molecular flexibility index (Phi) is 6.29. The SMILES string of the molecule is COc1ccc(CC2CCC(=O)N2Cc2ccc(OC)c(OC)c2)cc1OC. The monoisotopic (exact) mass is 385 g/mol. The Morgan fingerprint density at radius 2 is 1.36 bits per heavy atom. The van der Waals surface area contributed by atoms with Crippen LogP contribution in [0.15, 0.2) is 36.4 Å². The van der Waals surface area contributed by atoms with E-state index in [-0.39, 0.29) is 11.9 Å². The molecular formula is C22H27NO5. The summed E-state index contributed by atoms with van der Waals surface area (Å²) in [6.07, 6.45) is 2.20. The number of methoxy groups -OCH3 is 4. The molecule has 1 amide bonds. The molecule has 0 radical (unpaired) electrons. The molecule has 1 unspecified atom stereocenters. The van der Waals surface area contributed by atoms with Gasteiger partial charge in [-0.15, -0.1) is 0 Å². The van der Waals surface area contributed by atoms with Gasteiger partial charge in [0.25, 0.3) is 0 Å². The van der Waals surface area contributed by atoms with E-state index in [4.69, 9.17) is 18.9 Å². The maximum atomic E-state index is 12.5. The van der Waals surface area contributed by atoms with E-state index in [0.29, 0.717) is 36.0 Å². The molecule has 2 aromatic rings. The summed E-state index contributed by atoms with van der Waals surface area (Å²) in [7, 11) is 6.48. The Labute approximate surface area is 166 Å². The van der Waals surface area contributed by atoms with E-state index >= 15 is 0 Å². The van der Waals surface area contributed by atoms with Gasteiger partial charge in [0.05, 0.1) is 28.4 Å². The number of hydrogen-bond acceptors (Lipinski definition) is 5. The zero-order valence-electron chi connectivity index (χ0n) is 16.9. The van der Waals surface area contributed by atoms with Crippen LogP contribution in [0, 0.1) is 0 Å². The maximum absolute atomic E-state index is 12.5. The second-order valence-electron chi connectivity index (χ2n) is 6.80. The van der Waals surface area contributed by atoms with Gasteiger partial charge < -0.3 is 23.8 Å². The zero-order chi connectivity index (χ0) is 20.1. The lowest BCUT2D eigenvalue weighted by molar-refractivity contribution is -0.129. The zero-order valence-corrected chi connectivity index (χ0v) is 16.9. The van der Waals surface area contributed by atoms with Crippen LogP contribution in [-0.4, -0.2) is 45.3 Å². The highest BCUT2D eigenvalue weighted by atomic mass is 16.5. The van der Waals surface area contributed by atoms with Crippen LogP contribution in [0.3, 0.4) is 0 Å². The van der Waals surface area contributed by atoms with Gasteiger partial charge in [0.2, 0.25) is 5.91 Å². The molecule has 1 fully saturated rings. The maximum Gasteiger partial charge on any atom is 0.223 e. The van der Waals surface area contributed by atoms with E-state index in [1.54, 1.807) is 28.4 Å². The van der Waals surface area contributed by atoms with Gasteiger partial charge in [-0.3, -0.25) is 4.79 Å². The fraction of sp³-hybridized carbons (Fsp3) is 0.409. The summed E-state index contributed by atoms with van der Waals surface area (Å²) in [5.74, 6) is 2.94. The molecule has 6 nitrogen and oxygen atoms in total. The standard InChI is InChI=1S/C22H27NO5/c1-25-18-8-5-15(12-20(18)27-3)11-17-7-10-22(24)23(17)14-16-6-9-19(26-2)21(13-16)28-4/h5-6,8-9,12-13,17H,7,10-11,14H2,1-4H3. The Hall–Kier alpha value is -2.89. The molecule has 150 valence electrons. The number of amides is 1. The Bertz CT molecular complexity index is 836. The molecule has 1 atom stereocenters. The van der Waals surface area contributed by atoms with Gasteiger partial charge in [0.1, 0.15) is 0 Å². The smallest absolute Gasteiger partial charge is 0.223 e. The number of benzene rings is 2. The van der Waals surface area contributed by atoms with Crippen LogP contribution in [0.5, 0.6) is 23.0 Å². The van der Waals surface area contributed by atoms with Crippen molar-refractivity contribution in [2.45, 2.75) is 31.8 Å². The Morgan fingerprint density at radius 3 is 1.93 bits per heavy atom. The van der Waals surface area contributed by atoms with Crippen molar-refractivity contribution in [3.05, 3.63) is 47.5 Å². The first-order chi connectivity index (χ1) is 13.6. The summed E-state index contributed by atoms with van der Waals surface area (Å²) in [6.45, 7) is 0.553. The summed E-state index contributed by atoms with van der Waals surface area (Å²) in [5, 5.41) is 0. The molecule has 0 saturated carbocycles. The minimum atomic E-state index is 0.152. The van der Waals surface area contributed by atoms with Gasteiger partial charge in [-0.25, -0.2) is 0 Å². The minimum Gasteiger partial charge on any atom is -0.493 e. The molecular weight excluding hydrogens is 358 g/mol. The molecule has 2 aromatic carbocycles. The number of carbonyl (C=O) groups is 1. The number of ether oxygens (including phenoxy) is 4. The number of hydrogen-bond donors (Lipinski definition) is 0. The lowest BCUT2D eigenvalue weighted by atomic mass is 10.0. The van der Waals surface area contributed by atoms with Crippen LogP contribution < -0.4 is 18.9 Å². The first kappa shape index (κ1) is 19.9. The van der Waals surface area contributed by atoms with Crippen molar-refractivity contribution in [3.63, 3.8) is 0 Å². The van der Waals surface area contributed by atoms with Crippen molar-refractivity contribution in [2.75, 3.05) is 28.4 Å². The normalized spacial score (nSPS) is 16.2. The second kappa shape index (κ2) is 8.87. The fourth-order valence-electron chi connectivity index (χ4n) is 3.68. The van der Waals surface area contributed by atoms with Crippen molar-refractivity contribution in [2.24, 2.45) is 0 Å². The first-order valence-corrected chi connectivity index (χ1v) is 9.30. The second-order valence-corrected chi connectivity index (χ2v) is 6.80. The van der Waals surface area contributed by atoms with Crippen LogP contribution in [-0.2, 0) is 17.8 Å². The summed E-state index contributed by atoms with van der Waals surface area (Å²) in [5.41, 5.74) is 2.14. The van der Waals surface area contributed by atoms with E-state index < -0.39 is 0 Å². The van der Waals surface area contributed by atoms with Crippen LogP contribution in [0.1, 0.15) is 24.0 Å². The quantitative estimate of drug-likeness (QED) is 0.697. The van der Waals surface area contributed by atoms with E-state index in [2.05, 4.69) is 0 Å². The third-order valence-electron chi connectivity index (χ3n) is 5.17. The van der Waals surface area contributed by atoms with Crippen molar-refractivity contribution < 1.29 is 23.7 Å². The summed E-state index contributed by atoms with van der Waals surface area (Å²) in [6, 6.07) is 11.8. The summed E-state index contributed by atoms with van der Waals surface area (Å²) < 4.78 is 21.4. The van der Waals surface area contributed by atoms with Crippen molar-refractivity contribution in [1.29, 1.82) is 0 Å². The summed E-state index contributed by atoms with van der Waals surface area (Å²) >= 11 is 0. The largest absolute Gasteiger partial charge is 0.493 e. The van der Waals surface area contributed by atoms with Crippen LogP contribution in [0.2, 0.25) is 0 Å². The molecule has 6 heteroatoms. The van der Waals surface area contributed by atoms with Crippen molar-refractivity contribution in [1.82, 2.24) is 4.90 Å². The van der Waals surface area contributed by atoms with E-state index in [1.807, 2.05) is 41.3 Å². The van der Waals surface area contributed by atoms with E-state index in [1.165, 1.54) is 0 Å². The molecule has 1 aliphatic heterocycles. The van der Waals surface area contributed by atoms with Gasteiger partial charge in [0.15, 0.2) is 23.0 Å². The van der Waals surface area contributed by atoms with E-state index in [9.17, 15) is 4.79 Å². The highest BCUT2D eigenvalue weighted by Gasteiger charge is 2.31. The Morgan fingerprint density at radius 1 is 0.821 bits per heavy atom. The van der Waals surface area contributed by atoms with Gasteiger partial charge in [-0.1, -0.05) is 12.1 Å². The highest BCUT2D eigenvalue weighted by Crippen LogP contribution is 2.32. The lowest BCUT2D eigenvalue weighted by Crippen LogP contribution is -2.33. The average Bonchev–Trinajstić information content (AvgIpc) is 3.06. The van der Waals surface area contributed by atoms with Crippen LogP contribution >= 0.6 is 0 Å². The highest BCUT2D eigenvalue weighted by molar-refractivity contribution is 5.78. The molecule has 28 heavy (non-hydrogen) atoms. The van der Waals surface area contributed by atoms with Gasteiger partial charge in [-0.05, 0) is 48.2 Å². The molecule has 0 spiro atoms. The number of carbonyl (C=O) groups excluding carboxylic acids is 1. The van der Waals surface area contributed by atoms with Crippen molar-refractivity contribution >= 4 is 5.91 Å².